The second kappa shape index (κ2) is 4.17. The van der Waals surface area contributed by atoms with E-state index in [4.69, 9.17) is 23.2 Å². The molecule has 0 atom stereocenters. The van der Waals surface area contributed by atoms with Gasteiger partial charge in [-0.3, -0.25) is 0 Å². The summed E-state index contributed by atoms with van der Waals surface area (Å²) in [5, 5.41) is 0. The van der Waals surface area contributed by atoms with Crippen molar-refractivity contribution in [2.45, 2.75) is 6.04 Å². The first kappa shape index (κ1) is 10.8. The van der Waals surface area contributed by atoms with E-state index in [0.717, 1.165) is 11.1 Å². The smallest absolute Gasteiger partial charge is 0.192 e. The van der Waals surface area contributed by atoms with Gasteiger partial charge in [0.2, 0.25) is 0 Å². The molecule has 0 heterocycles. The Kier molecular flexibility index (Phi) is 2.65. The predicted octanol–water partition coefficient (Wildman–Crippen LogP) is 4.59. The van der Waals surface area contributed by atoms with Crippen LogP contribution in [0.1, 0.15) is 17.2 Å². The maximum atomic E-state index is 5.71. The number of rotatable bonds is 1. The summed E-state index contributed by atoms with van der Waals surface area (Å²) in [5.41, 5.74) is 4.75. The summed E-state index contributed by atoms with van der Waals surface area (Å²) in [4.78, 5) is 4.31. The zero-order chi connectivity index (χ0) is 11.8. The summed E-state index contributed by atoms with van der Waals surface area (Å²) in [5.74, 6) is 0. The molecule has 0 fully saturated rings. The summed E-state index contributed by atoms with van der Waals surface area (Å²) >= 11 is 11.4. The van der Waals surface area contributed by atoms with Gasteiger partial charge in [0.15, 0.2) is 4.63 Å². The fraction of sp³-hybridized carbons (Fsp3) is 0.0714. The van der Waals surface area contributed by atoms with E-state index in [9.17, 15) is 0 Å². The Bertz CT molecular complexity index is 555. The van der Waals surface area contributed by atoms with Gasteiger partial charge in [-0.05, 0) is 45.5 Å². The molecule has 0 bridgehead atoms. The lowest BCUT2D eigenvalue weighted by atomic mass is 10.1. The quantitative estimate of drug-likeness (QED) is 0.666. The molecule has 1 aliphatic carbocycles. The largest absolute Gasteiger partial charge is 0.250 e. The second-order valence-corrected chi connectivity index (χ2v) is 4.86. The first-order chi connectivity index (χ1) is 8.27. The topological polar surface area (TPSA) is 12.4 Å². The number of fused-ring (bicyclic) bond motifs is 3. The first-order valence-electron chi connectivity index (χ1n) is 5.34. The Morgan fingerprint density at radius 3 is 1.76 bits per heavy atom. The van der Waals surface area contributed by atoms with Crippen molar-refractivity contribution in [3.05, 3.63) is 59.7 Å². The molecule has 2 aromatic rings. The highest BCUT2D eigenvalue weighted by Crippen LogP contribution is 2.45. The van der Waals surface area contributed by atoms with Gasteiger partial charge < -0.3 is 0 Å². The van der Waals surface area contributed by atoms with Gasteiger partial charge in [-0.1, -0.05) is 48.5 Å². The van der Waals surface area contributed by atoms with Crippen LogP contribution in [0.15, 0.2) is 53.5 Å². The van der Waals surface area contributed by atoms with Crippen molar-refractivity contribution in [2.24, 2.45) is 4.99 Å². The molecule has 0 saturated carbocycles. The molecule has 3 rings (SSSR count). The minimum absolute atomic E-state index is 0.0708. The highest BCUT2D eigenvalue weighted by Gasteiger charge is 2.27. The van der Waals surface area contributed by atoms with Crippen LogP contribution in [0.4, 0.5) is 0 Å². The number of aliphatic imine (C=N–C) groups is 1. The fourth-order valence-electron chi connectivity index (χ4n) is 2.37. The average Bonchev–Trinajstić information content (AvgIpc) is 2.65. The van der Waals surface area contributed by atoms with Crippen molar-refractivity contribution in [3.8, 4) is 11.1 Å². The monoisotopic (exact) mass is 261 g/mol. The predicted molar refractivity (Wildman–Crippen MR) is 72.9 cm³/mol. The van der Waals surface area contributed by atoms with Crippen LogP contribution in [0.5, 0.6) is 0 Å². The van der Waals surface area contributed by atoms with E-state index in [0.29, 0.717) is 0 Å². The Labute approximate surface area is 110 Å². The molecular weight excluding hydrogens is 253 g/mol. The van der Waals surface area contributed by atoms with Crippen LogP contribution in [0.3, 0.4) is 0 Å². The fourth-order valence-corrected chi connectivity index (χ4v) is 2.56. The van der Waals surface area contributed by atoms with E-state index < -0.39 is 0 Å². The van der Waals surface area contributed by atoms with Crippen LogP contribution in [-0.4, -0.2) is 4.63 Å². The van der Waals surface area contributed by atoms with E-state index in [1.165, 1.54) is 11.1 Å². The van der Waals surface area contributed by atoms with Crippen LogP contribution in [0.25, 0.3) is 11.1 Å². The molecule has 0 amide bonds. The Balaban J connectivity index is 2.27. The minimum atomic E-state index is -0.0765. The van der Waals surface area contributed by atoms with Gasteiger partial charge in [-0.25, -0.2) is 4.99 Å². The van der Waals surface area contributed by atoms with Gasteiger partial charge in [0.05, 0.1) is 0 Å². The second-order valence-electron chi connectivity index (χ2n) is 3.95. The zero-order valence-corrected chi connectivity index (χ0v) is 10.4. The lowest BCUT2D eigenvalue weighted by molar-refractivity contribution is 0.909. The third-order valence-corrected chi connectivity index (χ3v) is 3.22. The number of hydrogen-bond acceptors (Lipinski definition) is 1. The van der Waals surface area contributed by atoms with Crippen LogP contribution >= 0.6 is 23.2 Å². The standard InChI is InChI=1S/C14H9Cl2N/c15-14(16)17-13-11-7-3-1-5-9(11)10-6-2-4-8-12(10)13/h1-8,13H. The SMILES string of the molecule is ClC(Cl)=NC1c2ccccc2-c2ccccc21. The molecule has 0 N–H and O–H groups in total. The van der Waals surface area contributed by atoms with Crippen molar-refractivity contribution in [2.75, 3.05) is 0 Å². The summed E-state index contributed by atoms with van der Waals surface area (Å²) in [7, 11) is 0. The van der Waals surface area contributed by atoms with E-state index in [1.807, 2.05) is 24.3 Å². The summed E-state index contributed by atoms with van der Waals surface area (Å²) in [6.45, 7) is 0. The third-order valence-electron chi connectivity index (χ3n) is 3.03. The van der Waals surface area contributed by atoms with Crippen LogP contribution < -0.4 is 0 Å². The minimum Gasteiger partial charge on any atom is -0.250 e. The van der Waals surface area contributed by atoms with Crippen molar-refractivity contribution >= 4 is 27.8 Å². The molecule has 0 aliphatic heterocycles. The van der Waals surface area contributed by atoms with E-state index in [1.54, 1.807) is 0 Å². The molecule has 0 spiro atoms. The van der Waals surface area contributed by atoms with Gasteiger partial charge in [0, 0.05) is 0 Å². The molecule has 2 aromatic carbocycles. The summed E-state index contributed by atoms with van der Waals surface area (Å²) < 4.78 is 0.0708. The summed E-state index contributed by atoms with van der Waals surface area (Å²) in [6.07, 6.45) is 0. The molecule has 0 radical (unpaired) electrons. The molecule has 17 heavy (non-hydrogen) atoms. The highest BCUT2D eigenvalue weighted by molar-refractivity contribution is 6.95. The maximum absolute atomic E-state index is 5.71. The Hall–Kier alpha value is -1.31. The van der Waals surface area contributed by atoms with E-state index >= 15 is 0 Å². The van der Waals surface area contributed by atoms with Crippen LogP contribution in [0, 0.1) is 0 Å². The molecular formula is C14H9Cl2N. The number of hydrogen-bond donors (Lipinski definition) is 0. The van der Waals surface area contributed by atoms with Crippen molar-refractivity contribution in [1.29, 1.82) is 0 Å². The third kappa shape index (κ3) is 1.76. The van der Waals surface area contributed by atoms with E-state index in [2.05, 4.69) is 29.3 Å². The molecule has 0 aromatic heterocycles. The maximum Gasteiger partial charge on any atom is 0.192 e. The lowest BCUT2D eigenvalue weighted by Gasteiger charge is -2.07. The van der Waals surface area contributed by atoms with Crippen molar-refractivity contribution in [3.63, 3.8) is 0 Å². The molecule has 3 heteroatoms. The first-order valence-corrected chi connectivity index (χ1v) is 6.10. The van der Waals surface area contributed by atoms with Gasteiger partial charge in [-0.2, -0.15) is 0 Å². The molecule has 84 valence electrons. The Morgan fingerprint density at radius 1 is 0.824 bits per heavy atom. The van der Waals surface area contributed by atoms with Crippen LogP contribution in [0.2, 0.25) is 0 Å². The summed E-state index contributed by atoms with van der Waals surface area (Å²) in [6, 6.07) is 16.4. The highest BCUT2D eigenvalue weighted by atomic mass is 35.5. The van der Waals surface area contributed by atoms with Crippen molar-refractivity contribution < 1.29 is 0 Å². The van der Waals surface area contributed by atoms with E-state index in [-0.39, 0.29) is 10.7 Å². The Morgan fingerprint density at radius 2 is 1.29 bits per heavy atom. The van der Waals surface area contributed by atoms with Gasteiger partial charge in [0.25, 0.3) is 0 Å². The average molecular weight is 262 g/mol. The number of halogens is 2. The van der Waals surface area contributed by atoms with Crippen molar-refractivity contribution in [1.82, 2.24) is 0 Å². The lowest BCUT2D eigenvalue weighted by Crippen LogP contribution is -1.93. The molecule has 1 aliphatic rings. The normalized spacial score (nSPS) is 13.1. The molecule has 0 saturated heterocycles. The number of benzene rings is 2. The zero-order valence-electron chi connectivity index (χ0n) is 8.90. The molecule has 0 unspecified atom stereocenters. The van der Waals surface area contributed by atoms with Gasteiger partial charge in [-0.15, -0.1) is 0 Å². The molecule has 1 nitrogen and oxygen atoms in total. The van der Waals surface area contributed by atoms with Gasteiger partial charge in [0.1, 0.15) is 6.04 Å². The van der Waals surface area contributed by atoms with Gasteiger partial charge >= 0.3 is 0 Å². The van der Waals surface area contributed by atoms with Crippen LogP contribution in [-0.2, 0) is 0 Å². The number of nitrogens with zero attached hydrogens (tertiary/aromatic N) is 1.